The largest absolute Gasteiger partial charge is 0.370 e. The van der Waals surface area contributed by atoms with Gasteiger partial charge < -0.3 is 10.2 Å². The minimum Gasteiger partial charge on any atom is -0.370 e. The second-order valence-electron chi connectivity index (χ2n) is 5.72. The molecule has 3 rings (SSSR count). The number of nitrogens with one attached hydrogen (secondary N) is 1. The molecule has 20 heavy (non-hydrogen) atoms. The second kappa shape index (κ2) is 6.23. The van der Waals surface area contributed by atoms with Gasteiger partial charge in [-0.15, -0.1) is 0 Å². The molecular formula is C17H23N3. The third kappa shape index (κ3) is 3.10. The summed E-state index contributed by atoms with van der Waals surface area (Å²) in [7, 11) is 0. The van der Waals surface area contributed by atoms with Crippen LogP contribution in [0.1, 0.15) is 26.2 Å². The summed E-state index contributed by atoms with van der Waals surface area (Å²) in [5, 5.41) is 5.90. The average Bonchev–Trinajstić information content (AvgIpc) is 3.01. The van der Waals surface area contributed by atoms with Crippen molar-refractivity contribution in [2.24, 2.45) is 0 Å². The maximum Gasteiger partial charge on any atom is 0.126 e. The van der Waals surface area contributed by atoms with Crippen LogP contribution in [0.3, 0.4) is 0 Å². The van der Waals surface area contributed by atoms with Gasteiger partial charge in [-0.05, 0) is 50.7 Å². The number of hydrogen-bond donors (Lipinski definition) is 1. The van der Waals surface area contributed by atoms with E-state index in [4.69, 9.17) is 0 Å². The Morgan fingerprint density at radius 3 is 2.75 bits per heavy atom. The minimum absolute atomic E-state index is 0.672. The molecule has 3 nitrogen and oxygen atoms in total. The first kappa shape index (κ1) is 13.4. The molecule has 0 radical (unpaired) electrons. The van der Waals surface area contributed by atoms with Gasteiger partial charge in [-0.3, -0.25) is 0 Å². The number of fused-ring (bicyclic) bond motifs is 1. The van der Waals surface area contributed by atoms with Crippen LogP contribution in [-0.2, 0) is 0 Å². The van der Waals surface area contributed by atoms with Crippen molar-refractivity contribution >= 4 is 16.6 Å². The monoisotopic (exact) mass is 269 g/mol. The molecule has 2 heterocycles. The molecule has 1 atom stereocenters. The average molecular weight is 269 g/mol. The first-order chi connectivity index (χ1) is 9.83. The molecule has 1 fully saturated rings. The van der Waals surface area contributed by atoms with Crippen molar-refractivity contribution in [2.75, 3.05) is 25.0 Å². The predicted molar refractivity (Wildman–Crippen MR) is 85.1 cm³/mol. The van der Waals surface area contributed by atoms with Crippen molar-refractivity contribution in [3.8, 4) is 0 Å². The summed E-state index contributed by atoms with van der Waals surface area (Å²) in [4.78, 5) is 7.07. The fourth-order valence-corrected chi connectivity index (χ4v) is 2.95. The molecule has 1 aliphatic heterocycles. The van der Waals surface area contributed by atoms with Crippen molar-refractivity contribution in [1.82, 2.24) is 9.88 Å². The standard InChI is InChI=1S/C17H23N3/c1-14(20-10-4-5-11-20)8-9-18-17-12-15-6-2-3-7-16(15)13-19-17/h2-3,6-7,12-14H,4-5,8-11H2,1H3,(H,18,19)/t14-/m1/s1. The Labute approximate surface area is 121 Å². The van der Waals surface area contributed by atoms with Crippen LogP contribution >= 0.6 is 0 Å². The molecule has 1 saturated heterocycles. The molecule has 1 aliphatic rings. The molecule has 0 unspecified atom stereocenters. The number of rotatable bonds is 5. The quantitative estimate of drug-likeness (QED) is 0.900. The Kier molecular flexibility index (Phi) is 4.16. The molecule has 0 amide bonds. The highest BCUT2D eigenvalue weighted by Gasteiger charge is 2.17. The van der Waals surface area contributed by atoms with Crippen LogP contribution in [0.15, 0.2) is 36.5 Å². The molecular weight excluding hydrogens is 246 g/mol. The lowest BCUT2D eigenvalue weighted by atomic mass is 10.2. The Hall–Kier alpha value is -1.61. The summed E-state index contributed by atoms with van der Waals surface area (Å²) in [5.41, 5.74) is 0. The molecule has 2 aromatic rings. The molecule has 1 N–H and O–H groups in total. The van der Waals surface area contributed by atoms with Gasteiger partial charge in [0.2, 0.25) is 0 Å². The third-order valence-corrected chi connectivity index (χ3v) is 4.26. The number of benzene rings is 1. The van der Waals surface area contributed by atoms with Crippen molar-refractivity contribution in [3.05, 3.63) is 36.5 Å². The summed E-state index contributed by atoms with van der Waals surface area (Å²) in [6.07, 6.45) is 5.85. The smallest absolute Gasteiger partial charge is 0.126 e. The van der Waals surface area contributed by atoms with E-state index >= 15 is 0 Å². The molecule has 1 aromatic heterocycles. The van der Waals surface area contributed by atoms with E-state index in [1.807, 2.05) is 6.20 Å². The van der Waals surface area contributed by atoms with E-state index < -0.39 is 0 Å². The predicted octanol–water partition coefficient (Wildman–Crippen LogP) is 3.52. The van der Waals surface area contributed by atoms with Crippen LogP contribution in [0.4, 0.5) is 5.82 Å². The highest BCUT2D eigenvalue weighted by Crippen LogP contribution is 2.17. The lowest BCUT2D eigenvalue weighted by Crippen LogP contribution is -2.31. The van der Waals surface area contributed by atoms with Crippen molar-refractivity contribution in [1.29, 1.82) is 0 Å². The molecule has 0 saturated carbocycles. The van der Waals surface area contributed by atoms with Gasteiger partial charge in [0.1, 0.15) is 5.82 Å². The Morgan fingerprint density at radius 2 is 1.95 bits per heavy atom. The molecule has 0 spiro atoms. The number of hydrogen-bond acceptors (Lipinski definition) is 3. The molecule has 106 valence electrons. The Balaban J connectivity index is 1.54. The SMILES string of the molecule is C[C@H](CCNc1cc2ccccc2cn1)N1CCCC1. The van der Waals surface area contributed by atoms with E-state index in [-0.39, 0.29) is 0 Å². The van der Waals surface area contributed by atoms with Crippen molar-refractivity contribution in [3.63, 3.8) is 0 Å². The first-order valence-corrected chi connectivity index (χ1v) is 7.65. The maximum atomic E-state index is 4.48. The van der Waals surface area contributed by atoms with E-state index in [1.54, 1.807) is 0 Å². The van der Waals surface area contributed by atoms with Crippen LogP contribution < -0.4 is 5.32 Å². The van der Waals surface area contributed by atoms with E-state index in [0.717, 1.165) is 12.4 Å². The Morgan fingerprint density at radius 1 is 1.20 bits per heavy atom. The number of anilines is 1. The molecule has 1 aromatic carbocycles. The maximum absolute atomic E-state index is 4.48. The third-order valence-electron chi connectivity index (χ3n) is 4.26. The summed E-state index contributed by atoms with van der Waals surface area (Å²) < 4.78 is 0. The van der Waals surface area contributed by atoms with Gasteiger partial charge in [0.15, 0.2) is 0 Å². The van der Waals surface area contributed by atoms with Gasteiger partial charge in [0.05, 0.1) is 0 Å². The molecule has 0 bridgehead atoms. The zero-order chi connectivity index (χ0) is 13.8. The lowest BCUT2D eigenvalue weighted by Gasteiger charge is -2.23. The summed E-state index contributed by atoms with van der Waals surface area (Å²) >= 11 is 0. The fraction of sp³-hybridized carbons (Fsp3) is 0.471. The number of pyridine rings is 1. The van der Waals surface area contributed by atoms with Crippen molar-refractivity contribution < 1.29 is 0 Å². The van der Waals surface area contributed by atoms with Gasteiger partial charge in [-0.1, -0.05) is 24.3 Å². The van der Waals surface area contributed by atoms with Gasteiger partial charge in [0, 0.05) is 24.2 Å². The zero-order valence-electron chi connectivity index (χ0n) is 12.2. The summed E-state index contributed by atoms with van der Waals surface area (Å²) in [5.74, 6) is 0.984. The highest BCUT2D eigenvalue weighted by molar-refractivity contribution is 5.83. The number of nitrogens with zero attached hydrogens (tertiary/aromatic N) is 2. The van der Waals surface area contributed by atoms with Crippen LogP contribution in [0, 0.1) is 0 Å². The lowest BCUT2D eigenvalue weighted by molar-refractivity contribution is 0.251. The van der Waals surface area contributed by atoms with E-state index in [9.17, 15) is 0 Å². The normalized spacial score (nSPS) is 17.4. The molecule has 3 heteroatoms. The number of likely N-dealkylation sites (tertiary alicyclic amines) is 1. The van der Waals surface area contributed by atoms with Gasteiger partial charge in [-0.25, -0.2) is 4.98 Å². The number of aromatic nitrogens is 1. The van der Waals surface area contributed by atoms with Crippen molar-refractivity contribution in [2.45, 2.75) is 32.2 Å². The second-order valence-corrected chi connectivity index (χ2v) is 5.72. The van der Waals surface area contributed by atoms with E-state index in [1.165, 1.54) is 43.1 Å². The summed E-state index contributed by atoms with van der Waals surface area (Å²) in [6, 6.07) is 11.2. The van der Waals surface area contributed by atoms with E-state index in [2.05, 4.69) is 52.5 Å². The molecule has 0 aliphatic carbocycles. The van der Waals surface area contributed by atoms with Crippen LogP contribution in [-0.4, -0.2) is 35.6 Å². The summed E-state index contributed by atoms with van der Waals surface area (Å²) in [6.45, 7) is 5.87. The van der Waals surface area contributed by atoms with Gasteiger partial charge >= 0.3 is 0 Å². The van der Waals surface area contributed by atoms with E-state index in [0.29, 0.717) is 6.04 Å². The van der Waals surface area contributed by atoms with Crippen LogP contribution in [0.25, 0.3) is 10.8 Å². The van der Waals surface area contributed by atoms with Gasteiger partial charge in [-0.2, -0.15) is 0 Å². The van der Waals surface area contributed by atoms with Crippen LogP contribution in [0.5, 0.6) is 0 Å². The minimum atomic E-state index is 0.672. The van der Waals surface area contributed by atoms with Crippen LogP contribution in [0.2, 0.25) is 0 Å². The first-order valence-electron chi connectivity index (χ1n) is 7.65. The van der Waals surface area contributed by atoms with Gasteiger partial charge in [0.25, 0.3) is 0 Å². The topological polar surface area (TPSA) is 28.2 Å². The highest BCUT2D eigenvalue weighted by atomic mass is 15.2. The fourth-order valence-electron chi connectivity index (χ4n) is 2.95. The Bertz CT molecular complexity index is 561. The zero-order valence-corrected chi connectivity index (χ0v) is 12.2.